The van der Waals surface area contributed by atoms with Crippen LogP contribution in [0.25, 0.3) is 0 Å². The Hall–Kier alpha value is -0.120. The molecule has 0 aliphatic heterocycles. The molecule has 0 heterocycles. The highest BCUT2D eigenvalue weighted by molar-refractivity contribution is 4.92. The van der Waals surface area contributed by atoms with E-state index in [0.717, 1.165) is 26.1 Å². The molecule has 0 aromatic carbocycles. The van der Waals surface area contributed by atoms with Crippen molar-refractivity contribution in [1.29, 1.82) is 0 Å². The lowest BCUT2D eigenvalue weighted by Crippen LogP contribution is -2.48. The summed E-state index contributed by atoms with van der Waals surface area (Å²) in [4.78, 5) is 2.29. The molecular weight excluding hydrogens is 164 g/mol. The summed E-state index contributed by atoms with van der Waals surface area (Å²) in [6.07, 6.45) is 4.88. The highest BCUT2D eigenvalue weighted by atomic mass is 16.5. The van der Waals surface area contributed by atoms with E-state index in [2.05, 4.69) is 11.9 Å². The molecule has 78 valence electrons. The monoisotopic (exact) mass is 186 g/mol. The summed E-state index contributed by atoms with van der Waals surface area (Å²) in [5.74, 6) is 0. The SMILES string of the molecule is COCCN(C)CCC1(N)CCC1. The number of nitrogens with zero attached hydrogens (tertiary/aromatic N) is 1. The topological polar surface area (TPSA) is 38.5 Å². The molecule has 0 bridgehead atoms. The van der Waals surface area contributed by atoms with E-state index in [1.54, 1.807) is 7.11 Å². The third kappa shape index (κ3) is 3.63. The Morgan fingerprint density at radius 3 is 2.54 bits per heavy atom. The maximum absolute atomic E-state index is 6.12. The van der Waals surface area contributed by atoms with Crippen LogP contribution in [0, 0.1) is 0 Å². The Morgan fingerprint density at radius 2 is 2.08 bits per heavy atom. The van der Waals surface area contributed by atoms with Gasteiger partial charge >= 0.3 is 0 Å². The predicted molar refractivity (Wildman–Crippen MR) is 54.8 cm³/mol. The van der Waals surface area contributed by atoms with E-state index < -0.39 is 0 Å². The minimum atomic E-state index is 0.168. The number of methoxy groups -OCH3 is 1. The first-order valence-electron chi connectivity index (χ1n) is 5.13. The Balaban J connectivity index is 2.03. The molecule has 0 amide bonds. The zero-order valence-electron chi connectivity index (χ0n) is 8.88. The minimum Gasteiger partial charge on any atom is -0.383 e. The van der Waals surface area contributed by atoms with E-state index in [0.29, 0.717) is 0 Å². The highest BCUT2D eigenvalue weighted by Crippen LogP contribution is 2.31. The Bertz CT molecular complexity index is 146. The molecule has 0 unspecified atom stereocenters. The highest BCUT2D eigenvalue weighted by Gasteiger charge is 2.31. The fraction of sp³-hybridized carbons (Fsp3) is 1.00. The molecule has 0 saturated heterocycles. The van der Waals surface area contributed by atoms with Gasteiger partial charge in [0.05, 0.1) is 6.61 Å². The van der Waals surface area contributed by atoms with E-state index >= 15 is 0 Å². The maximum Gasteiger partial charge on any atom is 0.0589 e. The van der Waals surface area contributed by atoms with Crippen LogP contribution < -0.4 is 5.73 Å². The van der Waals surface area contributed by atoms with Crippen molar-refractivity contribution >= 4 is 0 Å². The molecule has 1 fully saturated rings. The summed E-state index contributed by atoms with van der Waals surface area (Å²) in [7, 11) is 3.87. The van der Waals surface area contributed by atoms with Gasteiger partial charge in [0.2, 0.25) is 0 Å². The van der Waals surface area contributed by atoms with Gasteiger partial charge in [0.25, 0.3) is 0 Å². The molecule has 0 radical (unpaired) electrons. The predicted octanol–water partition coefficient (Wildman–Crippen LogP) is 0.836. The molecule has 1 aliphatic rings. The zero-order chi connectivity index (χ0) is 9.73. The van der Waals surface area contributed by atoms with Crippen molar-refractivity contribution in [2.75, 3.05) is 33.9 Å². The quantitative estimate of drug-likeness (QED) is 0.668. The van der Waals surface area contributed by atoms with Crippen LogP contribution in [0.2, 0.25) is 0 Å². The average Bonchev–Trinajstić information content (AvgIpc) is 2.08. The molecule has 2 N–H and O–H groups in total. The van der Waals surface area contributed by atoms with Gasteiger partial charge in [-0.25, -0.2) is 0 Å². The average molecular weight is 186 g/mol. The van der Waals surface area contributed by atoms with Gasteiger partial charge in [-0.15, -0.1) is 0 Å². The maximum atomic E-state index is 6.12. The summed E-state index contributed by atoms with van der Waals surface area (Å²) < 4.78 is 5.01. The van der Waals surface area contributed by atoms with Crippen molar-refractivity contribution in [2.24, 2.45) is 5.73 Å². The van der Waals surface area contributed by atoms with Crippen molar-refractivity contribution < 1.29 is 4.74 Å². The Morgan fingerprint density at radius 1 is 1.38 bits per heavy atom. The lowest BCUT2D eigenvalue weighted by atomic mass is 9.75. The fourth-order valence-electron chi connectivity index (χ4n) is 1.65. The molecular formula is C10H22N2O. The number of hydrogen-bond acceptors (Lipinski definition) is 3. The second kappa shape index (κ2) is 4.94. The Kier molecular flexibility index (Phi) is 4.16. The second-order valence-electron chi connectivity index (χ2n) is 4.26. The molecule has 13 heavy (non-hydrogen) atoms. The summed E-state index contributed by atoms with van der Waals surface area (Å²) in [5, 5.41) is 0. The standard InChI is InChI=1S/C10H22N2O/c1-12(8-9-13-2)7-6-10(11)4-3-5-10/h3-9,11H2,1-2H3. The molecule has 1 rings (SSSR count). The third-order valence-corrected chi connectivity index (χ3v) is 3.02. The van der Waals surface area contributed by atoms with Crippen LogP contribution in [-0.2, 0) is 4.74 Å². The summed E-state index contributed by atoms with van der Waals surface area (Å²) in [6, 6.07) is 0. The van der Waals surface area contributed by atoms with Crippen LogP contribution >= 0.6 is 0 Å². The van der Waals surface area contributed by atoms with Gasteiger partial charge in [-0.3, -0.25) is 0 Å². The fourth-order valence-corrected chi connectivity index (χ4v) is 1.65. The van der Waals surface area contributed by atoms with E-state index in [9.17, 15) is 0 Å². The molecule has 0 atom stereocenters. The zero-order valence-corrected chi connectivity index (χ0v) is 8.88. The van der Waals surface area contributed by atoms with Crippen LogP contribution in [0.4, 0.5) is 0 Å². The third-order valence-electron chi connectivity index (χ3n) is 3.02. The number of ether oxygens (including phenoxy) is 1. The van der Waals surface area contributed by atoms with Gasteiger partial charge in [-0.2, -0.15) is 0 Å². The van der Waals surface area contributed by atoms with Gasteiger partial charge in [-0.05, 0) is 39.3 Å². The van der Waals surface area contributed by atoms with Crippen LogP contribution in [0.3, 0.4) is 0 Å². The summed E-state index contributed by atoms with van der Waals surface area (Å²) >= 11 is 0. The van der Waals surface area contributed by atoms with E-state index in [1.807, 2.05) is 0 Å². The number of likely N-dealkylation sites (N-methyl/N-ethyl adjacent to an activating group) is 1. The van der Waals surface area contributed by atoms with Gasteiger partial charge in [0.15, 0.2) is 0 Å². The number of nitrogens with two attached hydrogens (primary N) is 1. The van der Waals surface area contributed by atoms with Crippen molar-refractivity contribution in [2.45, 2.75) is 31.2 Å². The molecule has 1 saturated carbocycles. The van der Waals surface area contributed by atoms with Crippen molar-refractivity contribution in [1.82, 2.24) is 4.90 Å². The normalized spacial score (nSPS) is 20.3. The van der Waals surface area contributed by atoms with Crippen LogP contribution in [0.1, 0.15) is 25.7 Å². The van der Waals surface area contributed by atoms with Crippen molar-refractivity contribution in [3.63, 3.8) is 0 Å². The van der Waals surface area contributed by atoms with Gasteiger partial charge in [0.1, 0.15) is 0 Å². The van der Waals surface area contributed by atoms with Gasteiger partial charge in [-0.1, -0.05) is 0 Å². The summed E-state index contributed by atoms with van der Waals surface area (Å²) in [6.45, 7) is 2.92. The van der Waals surface area contributed by atoms with Crippen LogP contribution in [-0.4, -0.2) is 44.3 Å². The van der Waals surface area contributed by atoms with Crippen molar-refractivity contribution in [3.8, 4) is 0 Å². The number of hydrogen-bond donors (Lipinski definition) is 1. The van der Waals surface area contributed by atoms with Crippen LogP contribution in [0.15, 0.2) is 0 Å². The lowest BCUT2D eigenvalue weighted by Gasteiger charge is -2.39. The largest absolute Gasteiger partial charge is 0.383 e. The van der Waals surface area contributed by atoms with Crippen LogP contribution in [0.5, 0.6) is 0 Å². The molecule has 3 nitrogen and oxygen atoms in total. The first-order chi connectivity index (χ1) is 6.16. The van der Waals surface area contributed by atoms with E-state index in [4.69, 9.17) is 10.5 Å². The van der Waals surface area contributed by atoms with E-state index in [-0.39, 0.29) is 5.54 Å². The van der Waals surface area contributed by atoms with Gasteiger partial charge in [0, 0.05) is 19.2 Å². The smallest absolute Gasteiger partial charge is 0.0589 e. The van der Waals surface area contributed by atoms with Crippen molar-refractivity contribution in [3.05, 3.63) is 0 Å². The van der Waals surface area contributed by atoms with E-state index in [1.165, 1.54) is 19.3 Å². The Labute approximate surface area is 81.2 Å². The first-order valence-corrected chi connectivity index (χ1v) is 5.13. The molecule has 3 heteroatoms. The molecule has 1 aliphatic carbocycles. The summed E-state index contributed by atoms with van der Waals surface area (Å²) in [5.41, 5.74) is 6.29. The molecule has 0 aromatic rings. The lowest BCUT2D eigenvalue weighted by molar-refractivity contribution is 0.145. The van der Waals surface area contributed by atoms with Gasteiger partial charge < -0.3 is 15.4 Å². The minimum absolute atomic E-state index is 0.168. The molecule has 0 aromatic heterocycles. The molecule has 0 spiro atoms. The first kappa shape index (κ1) is 11.0. The number of rotatable bonds is 6. The second-order valence-corrected chi connectivity index (χ2v) is 4.26.